The molecule has 0 fully saturated rings. The van der Waals surface area contributed by atoms with Gasteiger partial charge in [-0.2, -0.15) is 0 Å². The van der Waals surface area contributed by atoms with Gasteiger partial charge < -0.3 is 23.7 Å². The van der Waals surface area contributed by atoms with E-state index in [-0.39, 0.29) is 30.5 Å². The molecular formula is C18H38O5. The van der Waals surface area contributed by atoms with Gasteiger partial charge in [0.25, 0.3) is 0 Å². The molecular weight excluding hydrogens is 296 g/mol. The average molecular weight is 334 g/mol. The van der Waals surface area contributed by atoms with Crippen molar-refractivity contribution in [2.45, 2.75) is 85.4 Å². The van der Waals surface area contributed by atoms with E-state index in [0.29, 0.717) is 26.4 Å². The van der Waals surface area contributed by atoms with Gasteiger partial charge in [0, 0.05) is 6.61 Å². The Balaban J connectivity index is 3.65. The van der Waals surface area contributed by atoms with E-state index in [4.69, 9.17) is 23.7 Å². The van der Waals surface area contributed by atoms with E-state index in [0.717, 1.165) is 13.0 Å². The molecule has 0 bridgehead atoms. The fourth-order valence-electron chi connectivity index (χ4n) is 1.74. The molecule has 0 saturated carbocycles. The van der Waals surface area contributed by atoms with Crippen LogP contribution in [0.4, 0.5) is 0 Å². The molecule has 0 saturated heterocycles. The van der Waals surface area contributed by atoms with Gasteiger partial charge in [0.1, 0.15) is 0 Å². The first-order valence-corrected chi connectivity index (χ1v) is 8.93. The minimum absolute atomic E-state index is 0.0383. The van der Waals surface area contributed by atoms with Crippen LogP contribution in [0.1, 0.15) is 54.9 Å². The van der Waals surface area contributed by atoms with Crippen molar-refractivity contribution in [1.29, 1.82) is 0 Å². The van der Waals surface area contributed by atoms with Crippen molar-refractivity contribution in [3.05, 3.63) is 0 Å². The highest BCUT2D eigenvalue weighted by Gasteiger charge is 2.11. The highest BCUT2D eigenvalue weighted by molar-refractivity contribution is 4.57. The Labute approximate surface area is 143 Å². The molecule has 5 heteroatoms. The molecule has 0 aliphatic carbocycles. The van der Waals surface area contributed by atoms with Crippen molar-refractivity contribution in [3.8, 4) is 0 Å². The summed E-state index contributed by atoms with van der Waals surface area (Å²) in [5, 5.41) is 0. The summed E-state index contributed by atoms with van der Waals surface area (Å²) >= 11 is 0. The fourth-order valence-corrected chi connectivity index (χ4v) is 1.74. The number of hydrogen-bond donors (Lipinski definition) is 0. The van der Waals surface area contributed by atoms with Crippen LogP contribution in [0.2, 0.25) is 0 Å². The molecule has 0 aromatic rings. The lowest BCUT2D eigenvalue weighted by Gasteiger charge is -2.21. The average Bonchev–Trinajstić information content (AvgIpc) is 2.52. The topological polar surface area (TPSA) is 46.2 Å². The van der Waals surface area contributed by atoms with Crippen LogP contribution in [0.15, 0.2) is 0 Å². The summed E-state index contributed by atoms with van der Waals surface area (Å²) in [6.45, 7) is 17.3. The first-order valence-electron chi connectivity index (χ1n) is 8.93. The predicted molar refractivity (Wildman–Crippen MR) is 93.0 cm³/mol. The second kappa shape index (κ2) is 14.2. The molecule has 0 amide bonds. The van der Waals surface area contributed by atoms with Crippen LogP contribution in [0.25, 0.3) is 0 Å². The molecule has 0 rings (SSSR count). The molecule has 0 spiro atoms. The quantitative estimate of drug-likeness (QED) is 0.459. The third-order valence-electron chi connectivity index (χ3n) is 3.12. The fraction of sp³-hybridized carbons (Fsp3) is 1.00. The van der Waals surface area contributed by atoms with Gasteiger partial charge in [0.05, 0.1) is 56.9 Å². The Kier molecular flexibility index (Phi) is 14.0. The normalized spacial score (nSPS) is 17.2. The van der Waals surface area contributed by atoms with Gasteiger partial charge in [-0.3, -0.25) is 0 Å². The SMILES string of the molecule is CCCOC(C)COC(C)COC(C)COC(C)COC(C)C. The molecule has 0 aromatic heterocycles. The summed E-state index contributed by atoms with van der Waals surface area (Å²) in [6.07, 6.45) is 1.55. The summed E-state index contributed by atoms with van der Waals surface area (Å²) in [6, 6.07) is 0. The largest absolute Gasteiger partial charge is 0.376 e. The Morgan fingerprint density at radius 1 is 0.522 bits per heavy atom. The van der Waals surface area contributed by atoms with E-state index in [2.05, 4.69) is 6.92 Å². The Morgan fingerprint density at radius 3 is 1.22 bits per heavy atom. The minimum atomic E-state index is 0.0383. The predicted octanol–water partition coefficient (Wildman–Crippen LogP) is 3.44. The van der Waals surface area contributed by atoms with E-state index in [1.54, 1.807) is 0 Å². The second-order valence-corrected chi connectivity index (χ2v) is 6.50. The van der Waals surface area contributed by atoms with Crippen LogP contribution in [-0.2, 0) is 23.7 Å². The van der Waals surface area contributed by atoms with Gasteiger partial charge in [0.15, 0.2) is 0 Å². The first-order chi connectivity index (χ1) is 10.8. The molecule has 0 radical (unpaired) electrons. The maximum absolute atomic E-state index is 5.76. The van der Waals surface area contributed by atoms with Crippen molar-refractivity contribution >= 4 is 0 Å². The molecule has 140 valence electrons. The number of rotatable bonds is 15. The van der Waals surface area contributed by atoms with Crippen molar-refractivity contribution in [1.82, 2.24) is 0 Å². The number of hydrogen-bond acceptors (Lipinski definition) is 5. The molecule has 5 nitrogen and oxygen atoms in total. The summed E-state index contributed by atoms with van der Waals surface area (Å²) in [4.78, 5) is 0. The maximum atomic E-state index is 5.76. The van der Waals surface area contributed by atoms with Crippen molar-refractivity contribution < 1.29 is 23.7 Å². The Morgan fingerprint density at radius 2 is 0.870 bits per heavy atom. The Hall–Kier alpha value is -0.200. The van der Waals surface area contributed by atoms with Gasteiger partial charge in [-0.05, 0) is 48.0 Å². The van der Waals surface area contributed by atoms with E-state index < -0.39 is 0 Å². The van der Waals surface area contributed by atoms with Crippen LogP contribution in [-0.4, -0.2) is 63.6 Å². The highest BCUT2D eigenvalue weighted by Crippen LogP contribution is 2.03. The summed E-state index contributed by atoms with van der Waals surface area (Å²) < 4.78 is 28.3. The Bertz CT molecular complexity index is 260. The summed E-state index contributed by atoms with van der Waals surface area (Å²) in [7, 11) is 0. The molecule has 0 aliphatic rings. The summed E-state index contributed by atoms with van der Waals surface area (Å²) in [5.41, 5.74) is 0. The molecule has 0 aromatic carbocycles. The van der Waals surface area contributed by atoms with Gasteiger partial charge in [-0.25, -0.2) is 0 Å². The van der Waals surface area contributed by atoms with Crippen LogP contribution in [0.5, 0.6) is 0 Å². The van der Waals surface area contributed by atoms with Crippen LogP contribution in [0.3, 0.4) is 0 Å². The van der Waals surface area contributed by atoms with Crippen molar-refractivity contribution in [2.24, 2.45) is 0 Å². The first kappa shape index (κ1) is 22.8. The lowest BCUT2D eigenvalue weighted by Crippen LogP contribution is -2.28. The lowest BCUT2D eigenvalue weighted by atomic mass is 10.3. The zero-order valence-electron chi connectivity index (χ0n) is 16.2. The third-order valence-corrected chi connectivity index (χ3v) is 3.12. The zero-order chi connectivity index (χ0) is 17.7. The minimum Gasteiger partial charge on any atom is -0.376 e. The monoisotopic (exact) mass is 334 g/mol. The second-order valence-electron chi connectivity index (χ2n) is 6.50. The standard InChI is InChI=1S/C18H38O5/c1-8-9-19-15(4)11-21-17(6)13-23-18(7)12-22-16(5)10-20-14(2)3/h14-18H,8-13H2,1-7H3. The molecule has 0 aliphatic heterocycles. The molecule has 23 heavy (non-hydrogen) atoms. The number of ether oxygens (including phenoxy) is 5. The molecule has 4 atom stereocenters. The smallest absolute Gasteiger partial charge is 0.0781 e. The molecule has 4 unspecified atom stereocenters. The van der Waals surface area contributed by atoms with Gasteiger partial charge in [-0.1, -0.05) is 6.92 Å². The zero-order valence-corrected chi connectivity index (χ0v) is 16.2. The van der Waals surface area contributed by atoms with Gasteiger partial charge in [-0.15, -0.1) is 0 Å². The molecule has 0 heterocycles. The van der Waals surface area contributed by atoms with Crippen LogP contribution < -0.4 is 0 Å². The van der Waals surface area contributed by atoms with Gasteiger partial charge in [0.2, 0.25) is 0 Å². The van der Waals surface area contributed by atoms with Crippen molar-refractivity contribution in [3.63, 3.8) is 0 Å². The van der Waals surface area contributed by atoms with Crippen LogP contribution >= 0.6 is 0 Å². The van der Waals surface area contributed by atoms with Crippen molar-refractivity contribution in [2.75, 3.05) is 33.0 Å². The van der Waals surface area contributed by atoms with Gasteiger partial charge >= 0.3 is 0 Å². The lowest BCUT2D eigenvalue weighted by molar-refractivity contribution is -0.0946. The van der Waals surface area contributed by atoms with Crippen LogP contribution in [0, 0.1) is 0 Å². The van der Waals surface area contributed by atoms with E-state index in [1.807, 2.05) is 41.5 Å². The van der Waals surface area contributed by atoms with E-state index in [1.165, 1.54) is 0 Å². The maximum Gasteiger partial charge on any atom is 0.0781 e. The highest BCUT2D eigenvalue weighted by atomic mass is 16.6. The van der Waals surface area contributed by atoms with E-state index >= 15 is 0 Å². The summed E-state index contributed by atoms with van der Waals surface area (Å²) in [5.74, 6) is 0. The van der Waals surface area contributed by atoms with E-state index in [9.17, 15) is 0 Å². The molecule has 0 N–H and O–H groups in total. The third kappa shape index (κ3) is 15.1.